The number of carbonyl (C=O) groups is 1. The van der Waals surface area contributed by atoms with Crippen LogP contribution in [0.15, 0.2) is 47.6 Å². The predicted molar refractivity (Wildman–Crippen MR) is 83.5 cm³/mol. The smallest absolute Gasteiger partial charge is 0.335 e. The van der Waals surface area contributed by atoms with Gasteiger partial charge in [-0.2, -0.15) is 0 Å². The lowest BCUT2D eigenvalue weighted by atomic mass is 10.2. The fourth-order valence-electron chi connectivity index (χ4n) is 1.59. The molecule has 0 aliphatic rings. The Morgan fingerprint density at radius 1 is 1.33 bits per heavy atom. The molecule has 0 aliphatic carbocycles. The number of pyridine rings is 1. The average Bonchev–Trinajstić information content (AvgIpc) is 2.49. The van der Waals surface area contributed by atoms with E-state index in [2.05, 4.69) is 4.98 Å². The number of halogens is 1. The highest BCUT2D eigenvalue weighted by Crippen LogP contribution is 2.18. The minimum Gasteiger partial charge on any atom is -0.494 e. The molecule has 0 fully saturated rings. The number of carboxylic acid groups (broad SMARTS) is 1. The first-order chi connectivity index (χ1) is 10.1. The molecule has 0 amide bonds. The van der Waals surface area contributed by atoms with E-state index in [1.807, 2.05) is 12.1 Å². The molecule has 2 rings (SSSR count). The molecule has 0 aliphatic heterocycles. The van der Waals surface area contributed by atoms with E-state index in [1.54, 1.807) is 30.1 Å². The molecule has 0 radical (unpaired) electrons. The Balaban J connectivity index is 1.71. The van der Waals surface area contributed by atoms with Crippen molar-refractivity contribution in [2.24, 2.45) is 0 Å². The first-order valence-corrected chi connectivity index (χ1v) is 7.72. The van der Waals surface area contributed by atoms with Crippen molar-refractivity contribution in [1.29, 1.82) is 0 Å². The number of hydrogen-bond acceptors (Lipinski definition) is 4. The largest absolute Gasteiger partial charge is 0.494 e. The highest BCUT2D eigenvalue weighted by Gasteiger charge is 2.03. The van der Waals surface area contributed by atoms with Gasteiger partial charge < -0.3 is 9.84 Å². The van der Waals surface area contributed by atoms with Crippen LogP contribution in [0.3, 0.4) is 0 Å². The molecule has 2 aromatic rings. The molecule has 110 valence electrons. The van der Waals surface area contributed by atoms with Gasteiger partial charge in [0.05, 0.1) is 22.2 Å². The van der Waals surface area contributed by atoms with Crippen LogP contribution in [0.5, 0.6) is 5.75 Å². The van der Waals surface area contributed by atoms with E-state index in [9.17, 15) is 4.79 Å². The Morgan fingerprint density at radius 2 is 2.19 bits per heavy atom. The van der Waals surface area contributed by atoms with Crippen molar-refractivity contribution in [3.05, 3.63) is 53.2 Å². The minimum atomic E-state index is -0.954. The van der Waals surface area contributed by atoms with Crippen molar-refractivity contribution in [3.8, 4) is 5.75 Å². The lowest BCUT2D eigenvalue weighted by Crippen LogP contribution is -2.01. The second kappa shape index (κ2) is 7.90. The third kappa shape index (κ3) is 5.28. The van der Waals surface area contributed by atoms with E-state index in [4.69, 9.17) is 21.4 Å². The SMILES string of the molecule is O=C(O)c1cccc(OCCCSc2ccc(Cl)cn2)c1. The van der Waals surface area contributed by atoms with E-state index in [0.717, 1.165) is 17.2 Å². The van der Waals surface area contributed by atoms with Crippen LogP contribution in [0.1, 0.15) is 16.8 Å². The molecule has 1 aromatic heterocycles. The topological polar surface area (TPSA) is 59.4 Å². The van der Waals surface area contributed by atoms with Crippen molar-refractivity contribution in [2.45, 2.75) is 11.4 Å². The first kappa shape index (κ1) is 15.7. The third-order valence-electron chi connectivity index (χ3n) is 2.59. The molecule has 0 unspecified atom stereocenters. The molecular formula is C15H14ClNO3S. The Hall–Kier alpha value is -1.72. The maximum atomic E-state index is 10.8. The van der Waals surface area contributed by atoms with Gasteiger partial charge in [0.2, 0.25) is 0 Å². The van der Waals surface area contributed by atoms with Crippen LogP contribution in [-0.2, 0) is 0 Å². The normalized spacial score (nSPS) is 10.3. The Bertz CT molecular complexity index is 604. The van der Waals surface area contributed by atoms with Crippen molar-refractivity contribution in [3.63, 3.8) is 0 Å². The minimum absolute atomic E-state index is 0.229. The second-order valence-corrected chi connectivity index (χ2v) is 5.75. The number of nitrogens with zero attached hydrogens (tertiary/aromatic N) is 1. The van der Waals surface area contributed by atoms with Gasteiger partial charge in [0.25, 0.3) is 0 Å². The number of aromatic nitrogens is 1. The van der Waals surface area contributed by atoms with Gasteiger partial charge in [0.1, 0.15) is 5.75 Å². The van der Waals surface area contributed by atoms with Crippen LogP contribution in [0.4, 0.5) is 0 Å². The molecule has 0 saturated carbocycles. The summed E-state index contributed by atoms with van der Waals surface area (Å²) in [6.45, 7) is 0.531. The van der Waals surface area contributed by atoms with Crippen LogP contribution in [0.25, 0.3) is 0 Å². The number of benzene rings is 1. The van der Waals surface area contributed by atoms with Crippen molar-refractivity contribution >= 4 is 29.3 Å². The predicted octanol–water partition coefficient (Wildman–Crippen LogP) is 3.99. The maximum Gasteiger partial charge on any atom is 0.335 e. The highest BCUT2D eigenvalue weighted by molar-refractivity contribution is 7.99. The van der Waals surface area contributed by atoms with Gasteiger partial charge in [-0.15, -0.1) is 11.8 Å². The zero-order valence-corrected chi connectivity index (χ0v) is 12.7. The maximum absolute atomic E-state index is 10.8. The van der Waals surface area contributed by atoms with Crippen LogP contribution >= 0.6 is 23.4 Å². The zero-order chi connectivity index (χ0) is 15.1. The zero-order valence-electron chi connectivity index (χ0n) is 11.2. The van der Waals surface area contributed by atoms with Gasteiger partial charge in [-0.25, -0.2) is 9.78 Å². The van der Waals surface area contributed by atoms with E-state index in [1.165, 1.54) is 12.1 Å². The fraction of sp³-hybridized carbons (Fsp3) is 0.200. The second-order valence-electron chi connectivity index (χ2n) is 4.20. The average molecular weight is 324 g/mol. The van der Waals surface area contributed by atoms with Crippen LogP contribution in [0.2, 0.25) is 5.02 Å². The number of thioether (sulfide) groups is 1. The van der Waals surface area contributed by atoms with Gasteiger partial charge >= 0.3 is 5.97 Å². The summed E-state index contributed by atoms with van der Waals surface area (Å²) in [5.41, 5.74) is 0.229. The molecular weight excluding hydrogens is 310 g/mol. The Labute approximate surface area is 132 Å². The molecule has 1 heterocycles. The lowest BCUT2D eigenvalue weighted by molar-refractivity contribution is 0.0696. The van der Waals surface area contributed by atoms with Gasteiger partial charge in [0, 0.05) is 11.9 Å². The lowest BCUT2D eigenvalue weighted by Gasteiger charge is -2.06. The van der Waals surface area contributed by atoms with Crippen molar-refractivity contribution in [1.82, 2.24) is 4.98 Å². The number of hydrogen-bond donors (Lipinski definition) is 1. The molecule has 4 nitrogen and oxygen atoms in total. The van der Waals surface area contributed by atoms with Gasteiger partial charge in [0.15, 0.2) is 0 Å². The van der Waals surface area contributed by atoms with E-state index in [0.29, 0.717) is 17.4 Å². The van der Waals surface area contributed by atoms with Crippen molar-refractivity contribution < 1.29 is 14.6 Å². The molecule has 0 atom stereocenters. The summed E-state index contributed by atoms with van der Waals surface area (Å²) < 4.78 is 5.54. The molecule has 0 saturated heterocycles. The molecule has 0 bridgehead atoms. The summed E-state index contributed by atoms with van der Waals surface area (Å²) in [7, 11) is 0. The molecule has 1 aromatic carbocycles. The monoisotopic (exact) mass is 323 g/mol. The molecule has 21 heavy (non-hydrogen) atoms. The van der Waals surface area contributed by atoms with Crippen LogP contribution < -0.4 is 4.74 Å². The van der Waals surface area contributed by atoms with Crippen LogP contribution in [-0.4, -0.2) is 28.4 Å². The number of aromatic carboxylic acids is 1. The summed E-state index contributed by atoms with van der Waals surface area (Å²) in [6, 6.07) is 10.2. The molecule has 6 heteroatoms. The molecule has 1 N–H and O–H groups in total. The summed E-state index contributed by atoms with van der Waals surface area (Å²) in [5.74, 6) is 0.488. The van der Waals surface area contributed by atoms with Gasteiger partial charge in [-0.3, -0.25) is 0 Å². The summed E-state index contributed by atoms with van der Waals surface area (Å²) >= 11 is 7.39. The van der Waals surface area contributed by atoms with Gasteiger partial charge in [-0.05, 0) is 36.8 Å². The van der Waals surface area contributed by atoms with Gasteiger partial charge in [-0.1, -0.05) is 17.7 Å². The summed E-state index contributed by atoms with van der Waals surface area (Å²) in [6.07, 6.45) is 2.46. The number of ether oxygens (including phenoxy) is 1. The molecule has 0 spiro atoms. The third-order valence-corrected chi connectivity index (χ3v) is 3.84. The van der Waals surface area contributed by atoms with Crippen LogP contribution in [0, 0.1) is 0 Å². The van der Waals surface area contributed by atoms with E-state index >= 15 is 0 Å². The Kier molecular flexibility index (Phi) is 5.90. The quantitative estimate of drug-likeness (QED) is 0.616. The number of rotatable bonds is 7. The van der Waals surface area contributed by atoms with E-state index in [-0.39, 0.29) is 5.56 Å². The summed E-state index contributed by atoms with van der Waals surface area (Å²) in [5, 5.41) is 10.4. The standard InChI is InChI=1S/C15H14ClNO3S/c16-12-5-6-14(17-10-12)21-8-2-7-20-13-4-1-3-11(9-13)15(18)19/h1,3-6,9-10H,2,7-8H2,(H,18,19). The van der Waals surface area contributed by atoms with E-state index < -0.39 is 5.97 Å². The Morgan fingerprint density at radius 3 is 2.90 bits per heavy atom. The fourth-order valence-corrected chi connectivity index (χ4v) is 2.47. The highest BCUT2D eigenvalue weighted by atomic mass is 35.5. The summed E-state index contributed by atoms with van der Waals surface area (Å²) in [4.78, 5) is 15.0. The van der Waals surface area contributed by atoms with Crippen molar-refractivity contribution in [2.75, 3.05) is 12.4 Å². The number of carboxylic acids is 1. The first-order valence-electron chi connectivity index (χ1n) is 6.35.